The average molecular weight is 389 g/mol. The predicted molar refractivity (Wildman–Crippen MR) is 110 cm³/mol. The van der Waals surface area contributed by atoms with Crippen LogP contribution in [0.15, 0.2) is 73.1 Å². The van der Waals surface area contributed by atoms with E-state index in [4.69, 9.17) is 0 Å². The molecule has 2 N–H and O–H groups in total. The standard InChI is InChI=1S/C23H20FN3O2/c1-15-10-11-25-21(12-15)26-22(28)13-20(16-6-8-18(24)9-7-16)27-14-17-4-2-3-5-19(17)23(27)29/h2-12,14,20,29H,13H2,1H3,(H,25,26,28). The SMILES string of the molecule is Cc1ccnc(NC(=O)CC(c2ccc(F)cc2)n2cc3ccccc3c2O)c1. The van der Waals surface area contributed by atoms with E-state index in [2.05, 4.69) is 10.3 Å². The second kappa shape index (κ2) is 7.75. The van der Waals surface area contributed by atoms with Crippen LogP contribution in [0.1, 0.15) is 23.6 Å². The van der Waals surface area contributed by atoms with Gasteiger partial charge in [-0.05, 0) is 48.4 Å². The molecule has 6 heteroatoms. The average Bonchev–Trinajstić information content (AvgIpc) is 3.04. The monoisotopic (exact) mass is 389 g/mol. The van der Waals surface area contributed by atoms with Crippen LogP contribution >= 0.6 is 0 Å². The van der Waals surface area contributed by atoms with Gasteiger partial charge in [0.1, 0.15) is 11.6 Å². The zero-order valence-electron chi connectivity index (χ0n) is 15.8. The predicted octanol–water partition coefficient (Wildman–Crippen LogP) is 4.81. The number of halogens is 1. The molecule has 5 nitrogen and oxygen atoms in total. The van der Waals surface area contributed by atoms with Gasteiger partial charge in [-0.25, -0.2) is 9.37 Å². The van der Waals surface area contributed by atoms with Gasteiger partial charge >= 0.3 is 0 Å². The van der Waals surface area contributed by atoms with Crippen molar-refractivity contribution in [3.05, 3.63) is 90.0 Å². The number of benzene rings is 2. The number of hydrogen-bond acceptors (Lipinski definition) is 3. The second-order valence-electron chi connectivity index (χ2n) is 6.99. The summed E-state index contributed by atoms with van der Waals surface area (Å²) in [6.07, 6.45) is 3.49. The summed E-state index contributed by atoms with van der Waals surface area (Å²) in [5.74, 6) is -0.0801. The Balaban J connectivity index is 1.69. The molecule has 0 aliphatic rings. The summed E-state index contributed by atoms with van der Waals surface area (Å²) in [5.41, 5.74) is 1.70. The maximum Gasteiger partial charge on any atom is 0.227 e. The van der Waals surface area contributed by atoms with Gasteiger partial charge in [0.05, 0.1) is 12.5 Å². The minimum Gasteiger partial charge on any atom is -0.494 e. The Labute approximate surface area is 167 Å². The lowest BCUT2D eigenvalue weighted by Gasteiger charge is -2.20. The number of rotatable bonds is 5. The summed E-state index contributed by atoms with van der Waals surface area (Å²) < 4.78 is 15.1. The highest BCUT2D eigenvalue weighted by molar-refractivity contribution is 5.91. The van der Waals surface area contributed by atoms with Crippen LogP contribution in [0.25, 0.3) is 10.8 Å². The van der Waals surface area contributed by atoms with Crippen LogP contribution < -0.4 is 5.32 Å². The molecule has 2 aromatic carbocycles. The molecule has 0 saturated heterocycles. The normalized spacial score (nSPS) is 12.1. The molecule has 0 saturated carbocycles. The molecule has 1 atom stereocenters. The van der Waals surface area contributed by atoms with Crippen LogP contribution in [0.4, 0.5) is 10.2 Å². The van der Waals surface area contributed by atoms with Crippen molar-refractivity contribution in [1.29, 1.82) is 0 Å². The van der Waals surface area contributed by atoms with Crippen LogP contribution in [0.5, 0.6) is 5.88 Å². The molecule has 29 heavy (non-hydrogen) atoms. The molecule has 2 aromatic heterocycles. The van der Waals surface area contributed by atoms with E-state index >= 15 is 0 Å². The van der Waals surface area contributed by atoms with E-state index in [9.17, 15) is 14.3 Å². The number of carbonyl (C=O) groups excluding carboxylic acids is 1. The van der Waals surface area contributed by atoms with Crippen LogP contribution in [-0.2, 0) is 4.79 Å². The zero-order valence-corrected chi connectivity index (χ0v) is 15.8. The second-order valence-corrected chi connectivity index (χ2v) is 6.99. The van der Waals surface area contributed by atoms with Crippen molar-refractivity contribution in [2.45, 2.75) is 19.4 Å². The number of aryl methyl sites for hydroxylation is 1. The van der Waals surface area contributed by atoms with Gasteiger partial charge in [0.25, 0.3) is 0 Å². The minimum atomic E-state index is -0.507. The molecule has 0 fully saturated rings. The summed E-state index contributed by atoms with van der Waals surface area (Å²) in [5, 5.41) is 15.1. The Kier molecular flexibility index (Phi) is 4.99. The van der Waals surface area contributed by atoms with E-state index in [-0.39, 0.29) is 24.0 Å². The number of pyridine rings is 1. The molecule has 4 aromatic rings. The van der Waals surface area contributed by atoms with E-state index in [1.807, 2.05) is 37.3 Å². The molecule has 0 spiro atoms. The molecule has 0 bridgehead atoms. The van der Waals surface area contributed by atoms with Gasteiger partial charge in [-0.3, -0.25) is 4.79 Å². The lowest BCUT2D eigenvalue weighted by molar-refractivity contribution is -0.116. The first-order valence-corrected chi connectivity index (χ1v) is 9.28. The smallest absolute Gasteiger partial charge is 0.227 e. The van der Waals surface area contributed by atoms with Gasteiger partial charge in [-0.2, -0.15) is 0 Å². The summed E-state index contributed by atoms with van der Waals surface area (Å²) in [6.45, 7) is 1.92. The molecule has 2 heterocycles. The molecule has 146 valence electrons. The first-order chi connectivity index (χ1) is 14.0. The fourth-order valence-corrected chi connectivity index (χ4v) is 3.44. The number of aromatic nitrogens is 2. The van der Waals surface area contributed by atoms with Crippen LogP contribution in [-0.4, -0.2) is 20.6 Å². The van der Waals surface area contributed by atoms with Gasteiger partial charge in [0.15, 0.2) is 5.88 Å². The summed E-state index contributed by atoms with van der Waals surface area (Å²) >= 11 is 0. The zero-order chi connectivity index (χ0) is 20.4. The van der Waals surface area contributed by atoms with Gasteiger partial charge in [0, 0.05) is 23.2 Å². The van der Waals surface area contributed by atoms with E-state index in [0.717, 1.165) is 10.9 Å². The largest absolute Gasteiger partial charge is 0.494 e. The van der Waals surface area contributed by atoms with E-state index < -0.39 is 6.04 Å². The molecular weight excluding hydrogens is 369 g/mol. The van der Waals surface area contributed by atoms with E-state index in [1.54, 1.807) is 35.2 Å². The number of carbonyl (C=O) groups is 1. The maximum atomic E-state index is 13.4. The molecule has 0 aliphatic heterocycles. The minimum absolute atomic E-state index is 0.0514. The van der Waals surface area contributed by atoms with Crippen molar-refractivity contribution >= 4 is 22.5 Å². The van der Waals surface area contributed by atoms with Crippen LogP contribution in [0, 0.1) is 12.7 Å². The molecule has 4 rings (SSSR count). The topological polar surface area (TPSA) is 67.2 Å². The maximum absolute atomic E-state index is 13.4. The number of anilines is 1. The van der Waals surface area contributed by atoms with Crippen molar-refractivity contribution in [2.75, 3.05) is 5.32 Å². The Morgan fingerprint density at radius 1 is 1.17 bits per heavy atom. The fourth-order valence-electron chi connectivity index (χ4n) is 3.44. The molecule has 0 radical (unpaired) electrons. The fraction of sp³-hybridized carbons (Fsp3) is 0.130. The molecule has 1 unspecified atom stereocenters. The van der Waals surface area contributed by atoms with Gasteiger partial charge < -0.3 is 15.0 Å². The van der Waals surface area contributed by atoms with Crippen molar-refractivity contribution in [3.63, 3.8) is 0 Å². The van der Waals surface area contributed by atoms with E-state index in [0.29, 0.717) is 16.8 Å². The van der Waals surface area contributed by atoms with Gasteiger partial charge in [-0.15, -0.1) is 0 Å². The number of amides is 1. The van der Waals surface area contributed by atoms with Crippen molar-refractivity contribution < 1.29 is 14.3 Å². The summed E-state index contributed by atoms with van der Waals surface area (Å²) in [4.78, 5) is 16.9. The molecule has 1 amide bonds. The molecule has 0 aliphatic carbocycles. The Hall–Kier alpha value is -3.67. The third kappa shape index (κ3) is 3.96. The summed E-state index contributed by atoms with van der Waals surface area (Å²) in [6, 6.07) is 16.5. The Bertz CT molecular complexity index is 1170. The number of nitrogens with one attached hydrogen (secondary N) is 1. The Morgan fingerprint density at radius 2 is 1.93 bits per heavy atom. The number of fused-ring (bicyclic) bond motifs is 1. The van der Waals surface area contributed by atoms with Crippen LogP contribution in [0.3, 0.4) is 0 Å². The number of nitrogens with zero attached hydrogens (tertiary/aromatic N) is 2. The highest BCUT2D eigenvalue weighted by Crippen LogP contribution is 2.34. The first kappa shape index (κ1) is 18.7. The van der Waals surface area contributed by atoms with Crippen LogP contribution in [0.2, 0.25) is 0 Å². The number of aromatic hydroxyl groups is 1. The molecular formula is C23H20FN3O2. The highest BCUT2D eigenvalue weighted by atomic mass is 19.1. The lowest BCUT2D eigenvalue weighted by atomic mass is 10.0. The first-order valence-electron chi connectivity index (χ1n) is 9.28. The van der Waals surface area contributed by atoms with Gasteiger partial charge in [-0.1, -0.05) is 30.3 Å². The van der Waals surface area contributed by atoms with E-state index in [1.165, 1.54) is 12.1 Å². The summed E-state index contributed by atoms with van der Waals surface area (Å²) in [7, 11) is 0. The van der Waals surface area contributed by atoms with Gasteiger partial charge in [0.2, 0.25) is 5.91 Å². The van der Waals surface area contributed by atoms with Crippen molar-refractivity contribution in [1.82, 2.24) is 9.55 Å². The van der Waals surface area contributed by atoms with Crippen molar-refractivity contribution in [3.8, 4) is 5.88 Å². The van der Waals surface area contributed by atoms with Crippen molar-refractivity contribution in [2.24, 2.45) is 0 Å². The number of hydrogen-bond donors (Lipinski definition) is 2. The Morgan fingerprint density at radius 3 is 2.66 bits per heavy atom. The highest BCUT2D eigenvalue weighted by Gasteiger charge is 2.22. The lowest BCUT2D eigenvalue weighted by Crippen LogP contribution is -2.20. The third-order valence-electron chi connectivity index (χ3n) is 4.88. The third-order valence-corrected chi connectivity index (χ3v) is 4.88. The quantitative estimate of drug-likeness (QED) is 0.515.